The Morgan fingerprint density at radius 2 is 1.03 bits per heavy atom. The molecule has 2 fully saturated rings. The normalized spacial score (nSPS) is 17.5. The van der Waals surface area contributed by atoms with Gasteiger partial charge in [-0.25, -0.2) is 0 Å². The summed E-state index contributed by atoms with van der Waals surface area (Å²) in [7, 11) is 0. The highest BCUT2D eigenvalue weighted by Crippen LogP contribution is 2.30. The van der Waals surface area contributed by atoms with E-state index < -0.39 is 12.2 Å². The average molecular weight is 833 g/mol. The summed E-state index contributed by atoms with van der Waals surface area (Å²) in [5.41, 5.74) is 4.49. The van der Waals surface area contributed by atoms with Crippen LogP contribution in [0.1, 0.15) is 86.8 Å². The van der Waals surface area contributed by atoms with E-state index in [0.29, 0.717) is 43.3 Å². The van der Waals surface area contributed by atoms with E-state index in [4.69, 9.17) is 9.47 Å². The first-order valence-electron chi connectivity index (χ1n) is 22.6. The van der Waals surface area contributed by atoms with E-state index in [2.05, 4.69) is 94.9 Å². The molecule has 10 heteroatoms. The average Bonchev–Trinajstić information content (AvgIpc) is 3.30. The molecule has 0 aromatic heterocycles. The van der Waals surface area contributed by atoms with Crippen LogP contribution in [-0.2, 0) is 22.4 Å². The standard InChI is InChI=1S/C51H68N4O6/c1-38(35-54-29-23-42(24-30-54)33-40-11-5-3-6-12-40)50(58)44-15-19-46(20-16-44)60-36-48(56)52-27-9-10-28-53-49(57)37-61-47-21-17-45(18-22-47)51(59)39(2)55-31-25-43(26-32-55)34-41-13-7-4-8-14-41/h3-8,11-22,38-39,42-43,50-51,58-59H,9-10,23-37H2,1-2H3,(H,52,56)(H,53,57)/t38-,39+,50+,51+/m0/s1. The molecule has 2 amide bonds. The molecule has 61 heavy (non-hydrogen) atoms. The van der Waals surface area contributed by atoms with Crippen molar-refractivity contribution in [1.82, 2.24) is 20.4 Å². The molecule has 4 N–H and O–H groups in total. The maximum Gasteiger partial charge on any atom is 0.257 e. The first-order chi connectivity index (χ1) is 29.7. The predicted octanol–water partition coefficient (Wildman–Crippen LogP) is 7.16. The first kappa shape index (κ1) is 45.8. The van der Waals surface area contributed by atoms with Gasteiger partial charge in [-0.2, -0.15) is 0 Å². The second kappa shape index (κ2) is 24.0. The zero-order valence-corrected chi connectivity index (χ0v) is 36.3. The van der Waals surface area contributed by atoms with Crippen molar-refractivity contribution in [2.24, 2.45) is 17.8 Å². The molecule has 2 heterocycles. The number of nitrogens with zero attached hydrogens (tertiary/aromatic N) is 2. The van der Waals surface area contributed by atoms with Crippen LogP contribution in [0.15, 0.2) is 109 Å². The molecular formula is C51H68N4O6. The SMILES string of the molecule is C[C@H]([C@@H](O)c1ccc(OCC(=O)NCCCCNC(=O)COc2ccc([C@H](O)[C@@H](C)CN3CCC(Cc4ccccc4)CC3)cc2)cc1)N1CCC(Cc2ccccc2)CC1. The lowest BCUT2D eigenvalue weighted by molar-refractivity contribution is -0.124. The molecule has 0 aliphatic carbocycles. The summed E-state index contributed by atoms with van der Waals surface area (Å²) < 4.78 is 11.4. The molecule has 4 aromatic rings. The summed E-state index contributed by atoms with van der Waals surface area (Å²) >= 11 is 0. The van der Waals surface area contributed by atoms with Gasteiger partial charge in [-0.05, 0) is 149 Å². The smallest absolute Gasteiger partial charge is 0.257 e. The lowest BCUT2D eigenvalue weighted by Crippen LogP contribution is -2.43. The molecule has 2 saturated heterocycles. The Kier molecular flexibility index (Phi) is 18.0. The van der Waals surface area contributed by atoms with Gasteiger partial charge in [0.05, 0.1) is 12.2 Å². The highest BCUT2D eigenvalue weighted by molar-refractivity contribution is 5.78. The number of carbonyl (C=O) groups is 2. The molecule has 4 aromatic carbocycles. The van der Waals surface area contributed by atoms with Crippen LogP contribution in [0, 0.1) is 17.8 Å². The molecule has 0 spiro atoms. The van der Waals surface area contributed by atoms with Gasteiger partial charge < -0.3 is 35.2 Å². The number of hydrogen-bond donors (Lipinski definition) is 4. The van der Waals surface area contributed by atoms with Gasteiger partial charge in [-0.1, -0.05) is 91.9 Å². The van der Waals surface area contributed by atoms with Gasteiger partial charge in [-0.3, -0.25) is 14.5 Å². The van der Waals surface area contributed by atoms with E-state index in [0.717, 1.165) is 75.5 Å². The number of hydrogen-bond acceptors (Lipinski definition) is 8. The van der Waals surface area contributed by atoms with Gasteiger partial charge in [0.2, 0.25) is 0 Å². The van der Waals surface area contributed by atoms with Crippen molar-refractivity contribution in [3.63, 3.8) is 0 Å². The van der Waals surface area contributed by atoms with Crippen LogP contribution in [0.2, 0.25) is 0 Å². The molecule has 10 nitrogen and oxygen atoms in total. The number of carbonyl (C=O) groups excluding carboxylic acids is 2. The topological polar surface area (TPSA) is 124 Å². The van der Waals surface area contributed by atoms with Crippen molar-refractivity contribution < 1.29 is 29.3 Å². The molecule has 0 saturated carbocycles. The van der Waals surface area contributed by atoms with Gasteiger partial charge in [0, 0.05) is 25.7 Å². The number of ether oxygens (including phenoxy) is 2. The maximum atomic E-state index is 12.4. The minimum absolute atomic E-state index is 0.00535. The number of rotatable bonds is 22. The van der Waals surface area contributed by atoms with Crippen molar-refractivity contribution >= 4 is 11.8 Å². The number of unbranched alkanes of at least 4 members (excludes halogenated alkanes) is 1. The van der Waals surface area contributed by atoms with Crippen LogP contribution >= 0.6 is 0 Å². The van der Waals surface area contributed by atoms with Crippen molar-refractivity contribution in [3.8, 4) is 11.5 Å². The van der Waals surface area contributed by atoms with Crippen molar-refractivity contribution in [2.75, 3.05) is 59.0 Å². The summed E-state index contributed by atoms with van der Waals surface area (Å²) in [4.78, 5) is 29.6. The molecule has 6 rings (SSSR count). The zero-order valence-electron chi connectivity index (χ0n) is 36.3. The number of nitrogens with one attached hydrogen (secondary N) is 2. The number of aliphatic hydroxyl groups excluding tert-OH is 2. The number of benzene rings is 4. The van der Waals surface area contributed by atoms with Gasteiger partial charge >= 0.3 is 0 Å². The Hall–Kier alpha value is -4.74. The Balaban J connectivity index is 0.774. The van der Waals surface area contributed by atoms with Crippen LogP contribution in [0.25, 0.3) is 0 Å². The number of piperidine rings is 2. The van der Waals surface area contributed by atoms with Gasteiger partial charge in [0.15, 0.2) is 13.2 Å². The Bertz CT molecular complexity index is 1860. The number of likely N-dealkylation sites (tertiary alicyclic amines) is 2. The molecule has 4 atom stereocenters. The van der Waals surface area contributed by atoms with E-state index in [1.807, 2.05) is 24.3 Å². The third-order valence-corrected chi connectivity index (χ3v) is 12.6. The molecular weight excluding hydrogens is 765 g/mol. The van der Waals surface area contributed by atoms with E-state index >= 15 is 0 Å². The van der Waals surface area contributed by atoms with Crippen LogP contribution < -0.4 is 20.1 Å². The Morgan fingerprint density at radius 3 is 1.49 bits per heavy atom. The fraction of sp³-hybridized carbons (Fsp3) is 0.490. The van der Waals surface area contributed by atoms with E-state index in [1.54, 1.807) is 24.3 Å². The maximum absolute atomic E-state index is 12.4. The predicted molar refractivity (Wildman–Crippen MR) is 241 cm³/mol. The van der Waals surface area contributed by atoms with Crippen LogP contribution in [0.3, 0.4) is 0 Å². The fourth-order valence-electron chi connectivity index (χ4n) is 8.77. The summed E-state index contributed by atoms with van der Waals surface area (Å²) in [5.74, 6) is 2.22. The lowest BCUT2D eigenvalue weighted by Gasteiger charge is -2.38. The molecule has 0 radical (unpaired) electrons. The summed E-state index contributed by atoms with van der Waals surface area (Å²) in [6, 6.07) is 36.1. The first-order valence-corrected chi connectivity index (χ1v) is 22.6. The second-order valence-corrected chi connectivity index (χ2v) is 17.3. The van der Waals surface area contributed by atoms with Gasteiger partial charge in [0.1, 0.15) is 11.5 Å². The molecule has 0 unspecified atom stereocenters. The van der Waals surface area contributed by atoms with Gasteiger partial charge in [0.25, 0.3) is 11.8 Å². The molecule has 2 aliphatic rings. The van der Waals surface area contributed by atoms with Crippen LogP contribution in [-0.4, -0.2) is 96.9 Å². The van der Waals surface area contributed by atoms with Crippen LogP contribution in [0.4, 0.5) is 0 Å². The van der Waals surface area contributed by atoms with Crippen molar-refractivity contribution in [2.45, 2.75) is 83.5 Å². The summed E-state index contributed by atoms with van der Waals surface area (Å²) in [5, 5.41) is 27.9. The highest BCUT2D eigenvalue weighted by atomic mass is 16.5. The molecule has 2 aliphatic heterocycles. The molecule has 328 valence electrons. The quantitative estimate of drug-likeness (QED) is 0.0616. The third kappa shape index (κ3) is 15.0. The number of amides is 2. The van der Waals surface area contributed by atoms with Crippen molar-refractivity contribution in [1.29, 1.82) is 0 Å². The van der Waals surface area contributed by atoms with E-state index in [-0.39, 0.29) is 37.0 Å². The minimum atomic E-state index is -0.609. The highest BCUT2D eigenvalue weighted by Gasteiger charge is 2.28. The van der Waals surface area contributed by atoms with Crippen molar-refractivity contribution in [3.05, 3.63) is 131 Å². The third-order valence-electron chi connectivity index (χ3n) is 12.6. The Labute approximate surface area is 363 Å². The number of aliphatic hydroxyl groups is 2. The fourth-order valence-corrected chi connectivity index (χ4v) is 8.77. The van der Waals surface area contributed by atoms with Gasteiger partial charge in [-0.15, -0.1) is 0 Å². The molecule has 0 bridgehead atoms. The lowest BCUT2D eigenvalue weighted by atomic mass is 9.89. The minimum Gasteiger partial charge on any atom is -0.484 e. The largest absolute Gasteiger partial charge is 0.484 e. The summed E-state index contributed by atoms with van der Waals surface area (Å²) in [6.07, 6.45) is 7.12. The van der Waals surface area contributed by atoms with Crippen LogP contribution in [0.5, 0.6) is 11.5 Å². The Morgan fingerprint density at radius 1 is 0.607 bits per heavy atom. The second-order valence-electron chi connectivity index (χ2n) is 17.3. The van der Waals surface area contributed by atoms with E-state index in [9.17, 15) is 19.8 Å². The van der Waals surface area contributed by atoms with E-state index in [1.165, 1.54) is 24.0 Å². The zero-order chi connectivity index (χ0) is 42.8. The monoisotopic (exact) mass is 833 g/mol. The summed E-state index contributed by atoms with van der Waals surface area (Å²) in [6.45, 7) is 9.90.